The van der Waals surface area contributed by atoms with E-state index in [1.54, 1.807) is 6.20 Å². The van der Waals surface area contributed by atoms with Crippen molar-refractivity contribution in [1.82, 2.24) is 10.3 Å². The molecule has 1 unspecified atom stereocenters. The van der Waals surface area contributed by atoms with Gasteiger partial charge in [0.15, 0.2) is 0 Å². The first-order valence-electron chi connectivity index (χ1n) is 9.60. The van der Waals surface area contributed by atoms with Crippen LogP contribution >= 0.6 is 0 Å². The van der Waals surface area contributed by atoms with Crippen LogP contribution in [0.5, 0.6) is 0 Å². The lowest BCUT2D eigenvalue weighted by molar-refractivity contribution is 0.0698. The van der Waals surface area contributed by atoms with E-state index in [-0.39, 0.29) is 11.6 Å². The highest BCUT2D eigenvalue weighted by Crippen LogP contribution is 2.32. The number of hydrogen-bond donors (Lipinski definition) is 3. The Morgan fingerprint density at radius 2 is 1.97 bits per heavy atom. The fraction of sp³-hybridized carbons (Fsp3) is 0.217. The molecule has 2 aromatic carbocycles. The third kappa shape index (κ3) is 3.93. The number of hydrogen-bond acceptors (Lipinski definition) is 5. The van der Waals surface area contributed by atoms with E-state index in [0.717, 1.165) is 17.9 Å². The van der Waals surface area contributed by atoms with Gasteiger partial charge in [-0.15, -0.1) is 0 Å². The van der Waals surface area contributed by atoms with E-state index < -0.39 is 5.97 Å². The van der Waals surface area contributed by atoms with Crippen LogP contribution < -0.4 is 15.5 Å². The number of carbonyl (C=O) groups is 1. The van der Waals surface area contributed by atoms with E-state index in [0.29, 0.717) is 12.2 Å². The zero-order valence-electron chi connectivity index (χ0n) is 16.5. The van der Waals surface area contributed by atoms with Crippen LogP contribution in [0.15, 0.2) is 60.9 Å². The van der Waals surface area contributed by atoms with Gasteiger partial charge in [0.25, 0.3) is 0 Å². The Balaban J connectivity index is 1.49. The van der Waals surface area contributed by atoms with E-state index in [1.807, 2.05) is 0 Å². The van der Waals surface area contributed by atoms with Crippen LogP contribution in [0, 0.1) is 6.92 Å². The van der Waals surface area contributed by atoms with Gasteiger partial charge in [-0.05, 0) is 48.4 Å². The third-order valence-corrected chi connectivity index (χ3v) is 5.40. The molecule has 1 aromatic heterocycles. The normalized spacial score (nSPS) is 15.0. The van der Waals surface area contributed by atoms with E-state index in [1.165, 1.54) is 29.0 Å². The minimum absolute atomic E-state index is 0.116. The molecule has 3 aromatic rings. The predicted molar refractivity (Wildman–Crippen MR) is 115 cm³/mol. The SMILES string of the molecule is Cc1ccc(N(C)c2ccc3c(c2)CNC3CNc2cnccc2C(=O)O)cc1. The van der Waals surface area contributed by atoms with Crippen molar-refractivity contribution < 1.29 is 9.90 Å². The molecule has 0 bridgehead atoms. The average molecular weight is 388 g/mol. The molecule has 0 spiro atoms. The zero-order valence-corrected chi connectivity index (χ0v) is 16.5. The van der Waals surface area contributed by atoms with Gasteiger partial charge in [-0.1, -0.05) is 23.8 Å². The van der Waals surface area contributed by atoms with Crippen molar-refractivity contribution in [2.24, 2.45) is 0 Å². The number of carboxylic acids is 1. The Morgan fingerprint density at radius 3 is 2.72 bits per heavy atom. The highest BCUT2D eigenvalue weighted by molar-refractivity contribution is 5.93. The number of rotatable bonds is 6. The summed E-state index contributed by atoms with van der Waals surface area (Å²) < 4.78 is 0. The second kappa shape index (κ2) is 7.93. The maximum Gasteiger partial charge on any atom is 0.337 e. The van der Waals surface area contributed by atoms with Gasteiger partial charge in [0.2, 0.25) is 0 Å². The highest BCUT2D eigenvalue weighted by Gasteiger charge is 2.23. The Morgan fingerprint density at radius 1 is 1.21 bits per heavy atom. The monoisotopic (exact) mass is 388 g/mol. The third-order valence-electron chi connectivity index (χ3n) is 5.40. The average Bonchev–Trinajstić information content (AvgIpc) is 3.14. The van der Waals surface area contributed by atoms with E-state index >= 15 is 0 Å². The number of nitrogens with zero attached hydrogens (tertiary/aromatic N) is 2. The van der Waals surface area contributed by atoms with Crippen LogP contribution in [0.25, 0.3) is 0 Å². The lowest BCUT2D eigenvalue weighted by Gasteiger charge is -2.21. The Hall–Kier alpha value is -3.38. The van der Waals surface area contributed by atoms with Crippen LogP contribution in [-0.4, -0.2) is 29.7 Å². The molecule has 6 heteroatoms. The van der Waals surface area contributed by atoms with E-state index in [9.17, 15) is 9.90 Å². The van der Waals surface area contributed by atoms with Crippen LogP contribution in [-0.2, 0) is 6.54 Å². The predicted octanol–water partition coefficient (Wildman–Crippen LogP) is 4.11. The first kappa shape index (κ1) is 19.0. The minimum atomic E-state index is -0.960. The maximum absolute atomic E-state index is 11.4. The minimum Gasteiger partial charge on any atom is -0.478 e. The lowest BCUT2D eigenvalue weighted by Crippen LogP contribution is -2.22. The number of anilines is 3. The van der Waals surface area contributed by atoms with E-state index in [4.69, 9.17) is 0 Å². The molecule has 2 heterocycles. The van der Waals surface area contributed by atoms with Gasteiger partial charge in [-0.25, -0.2) is 4.79 Å². The Bertz CT molecular complexity index is 1030. The molecule has 0 saturated heterocycles. The molecule has 6 nitrogen and oxygen atoms in total. The second-order valence-electron chi connectivity index (χ2n) is 7.32. The summed E-state index contributed by atoms with van der Waals surface area (Å²) in [5, 5.41) is 16.1. The molecule has 0 radical (unpaired) electrons. The van der Waals surface area contributed by atoms with Crippen LogP contribution in [0.3, 0.4) is 0 Å². The first-order valence-corrected chi connectivity index (χ1v) is 9.60. The number of aryl methyl sites for hydroxylation is 1. The molecule has 0 aliphatic carbocycles. The van der Waals surface area contributed by atoms with Crippen LogP contribution in [0.4, 0.5) is 17.1 Å². The second-order valence-corrected chi connectivity index (χ2v) is 7.32. The van der Waals surface area contributed by atoms with Crippen molar-refractivity contribution >= 4 is 23.0 Å². The van der Waals surface area contributed by atoms with Crippen LogP contribution in [0.2, 0.25) is 0 Å². The Kier molecular flexibility index (Phi) is 5.18. The molecule has 3 N–H and O–H groups in total. The summed E-state index contributed by atoms with van der Waals surface area (Å²) in [6.45, 7) is 3.46. The van der Waals surface area contributed by atoms with Gasteiger partial charge in [0.05, 0.1) is 23.5 Å². The summed E-state index contributed by atoms with van der Waals surface area (Å²) in [7, 11) is 2.07. The van der Waals surface area contributed by atoms with Crippen LogP contribution in [0.1, 0.15) is 33.1 Å². The van der Waals surface area contributed by atoms with Crippen molar-refractivity contribution in [3.8, 4) is 0 Å². The first-order chi connectivity index (χ1) is 14.0. The number of carboxylic acid groups (broad SMARTS) is 1. The summed E-state index contributed by atoms with van der Waals surface area (Å²) in [5.74, 6) is -0.960. The molecule has 1 atom stereocenters. The zero-order chi connectivity index (χ0) is 20.4. The van der Waals surface area contributed by atoms with Gasteiger partial charge >= 0.3 is 5.97 Å². The molecular formula is C23H24N4O2. The van der Waals surface area contributed by atoms with Gasteiger partial charge in [-0.2, -0.15) is 0 Å². The van der Waals surface area contributed by atoms with Crippen molar-refractivity contribution in [2.45, 2.75) is 19.5 Å². The molecular weight excluding hydrogens is 364 g/mol. The summed E-state index contributed by atoms with van der Waals surface area (Å²) >= 11 is 0. The largest absolute Gasteiger partial charge is 0.478 e. The van der Waals surface area contributed by atoms with Crippen molar-refractivity contribution in [1.29, 1.82) is 0 Å². The highest BCUT2D eigenvalue weighted by atomic mass is 16.4. The van der Waals surface area contributed by atoms with Crippen molar-refractivity contribution in [3.05, 3.63) is 83.2 Å². The quantitative estimate of drug-likeness (QED) is 0.590. The number of aromatic nitrogens is 1. The summed E-state index contributed by atoms with van der Waals surface area (Å²) in [6.07, 6.45) is 3.04. The fourth-order valence-corrected chi connectivity index (χ4v) is 3.67. The van der Waals surface area contributed by atoms with Gasteiger partial charge in [0.1, 0.15) is 0 Å². The maximum atomic E-state index is 11.4. The number of pyridine rings is 1. The molecule has 1 aliphatic rings. The summed E-state index contributed by atoms with van der Waals surface area (Å²) in [4.78, 5) is 17.6. The topological polar surface area (TPSA) is 77.5 Å². The molecule has 148 valence electrons. The van der Waals surface area contributed by atoms with Crippen molar-refractivity contribution in [3.63, 3.8) is 0 Å². The van der Waals surface area contributed by atoms with Gasteiger partial charge < -0.3 is 20.6 Å². The lowest BCUT2D eigenvalue weighted by atomic mass is 10.0. The molecule has 1 aliphatic heterocycles. The molecule has 0 amide bonds. The van der Waals surface area contributed by atoms with Crippen molar-refractivity contribution in [2.75, 3.05) is 23.8 Å². The van der Waals surface area contributed by atoms with Gasteiger partial charge in [0, 0.05) is 37.7 Å². The molecule has 0 saturated carbocycles. The standard InChI is InChI=1S/C23H24N4O2/c1-15-3-5-17(6-4-15)27(2)18-7-8-19-16(11-18)12-25-22(19)14-26-21-13-24-10-9-20(21)23(28)29/h3-11,13,22,25-26H,12,14H2,1-2H3,(H,28,29). The van der Waals surface area contributed by atoms with E-state index in [2.05, 4.69) is 77.0 Å². The summed E-state index contributed by atoms with van der Waals surface area (Å²) in [5.41, 5.74) is 6.80. The van der Waals surface area contributed by atoms with Gasteiger partial charge in [-0.3, -0.25) is 4.98 Å². The number of benzene rings is 2. The molecule has 0 fully saturated rings. The molecule has 4 rings (SSSR count). The number of aromatic carboxylic acids is 1. The number of nitrogens with one attached hydrogen (secondary N) is 2. The Labute approximate surface area is 170 Å². The number of fused-ring (bicyclic) bond motifs is 1. The smallest absolute Gasteiger partial charge is 0.337 e. The molecule has 29 heavy (non-hydrogen) atoms. The fourth-order valence-electron chi connectivity index (χ4n) is 3.67. The summed E-state index contributed by atoms with van der Waals surface area (Å²) in [6, 6.07) is 16.6.